The molecule has 1 aromatic heterocycles. The summed E-state index contributed by atoms with van der Waals surface area (Å²) in [5.41, 5.74) is 2.26. The Morgan fingerprint density at radius 1 is 1.44 bits per heavy atom. The highest BCUT2D eigenvalue weighted by molar-refractivity contribution is 9.10. The van der Waals surface area contributed by atoms with E-state index in [0.29, 0.717) is 0 Å². The molecule has 0 aliphatic heterocycles. The van der Waals surface area contributed by atoms with Crippen molar-refractivity contribution in [1.82, 2.24) is 20.3 Å². The molecule has 4 nitrogen and oxygen atoms in total. The van der Waals surface area contributed by atoms with Crippen LogP contribution >= 0.6 is 15.9 Å². The van der Waals surface area contributed by atoms with Gasteiger partial charge in [-0.3, -0.25) is 4.68 Å². The maximum absolute atomic E-state index is 4.15. The number of aromatic nitrogens is 3. The molecule has 1 unspecified atom stereocenters. The number of nitrogens with zero attached hydrogens (tertiary/aromatic N) is 3. The van der Waals surface area contributed by atoms with Gasteiger partial charge >= 0.3 is 0 Å². The standard InChI is InChI=1S/C13H17BrN4/c1-3-15-13(8-12-9-18(2)17-16-12)10-5-4-6-11(14)7-10/h4-7,9,13,15H,3,8H2,1-2H3. The summed E-state index contributed by atoms with van der Waals surface area (Å²) >= 11 is 3.51. The van der Waals surface area contributed by atoms with E-state index >= 15 is 0 Å². The minimum atomic E-state index is 0.268. The number of aryl methyl sites for hydroxylation is 1. The summed E-state index contributed by atoms with van der Waals surface area (Å²) in [6.07, 6.45) is 2.81. The molecule has 0 bridgehead atoms. The number of rotatable bonds is 5. The van der Waals surface area contributed by atoms with E-state index in [0.717, 1.165) is 23.1 Å². The predicted molar refractivity (Wildman–Crippen MR) is 75.3 cm³/mol. The molecule has 1 heterocycles. The fraction of sp³-hybridized carbons (Fsp3) is 0.385. The normalized spacial score (nSPS) is 12.6. The summed E-state index contributed by atoms with van der Waals surface area (Å²) in [5.74, 6) is 0. The van der Waals surface area contributed by atoms with Crippen molar-refractivity contribution in [2.75, 3.05) is 6.54 Å². The molecule has 2 rings (SSSR count). The molecule has 1 N–H and O–H groups in total. The van der Waals surface area contributed by atoms with Crippen LogP contribution in [0.3, 0.4) is 0 Å². The van der Waals surface area contributed by atoms with Gasteiger partial charge in [-0.05, 0) is 24.2 Å². The molecule has 1 aromatic carbocycles. The van der Waals surface area contributed by atoms with Crippen LogP contribution in [0.15, 0.2) is 34.9 Å². The minimum Gasteiger partial charge on any atom is -0.310 e. The van der Waals surface area contributed by atoms with Crippen molar-refractivity contribution >= 4 is 15.9 Å². The average molecular weight is 309 g/mol. The molecule has 5 heteroatoms. The highest BCUT2D eigenvalue weighted by atomic mass is 79.9. The Balaban J connectivity index is 2.17. The van der Waals surface area contributed by atoms with E-state index in [1.54, 1.807) is 4.68 Å². The fourth-order valence-electron chi connectivity index (χ4n) is 1.98. The van der Waals surface area contributed by atoms with Crippen molar-refractivity contribution in [3.63, 3.8) is 0 Å². The number of benzene rings is 1. The Hall–Kier alpha value is -1.20. The van der Waals surface area contributed by atoms with E-state index in [1.165, 1.54) is 5.56 Å². The molecule has 0 fully saturated rings. The summed E-state index contributed by atoms with van der Waals surface area (Å²) in [7, 11) is 1.89. The molecule has 1 atom stereocenters. The third-order valence-corrected chi connectivity index (χ3v) is 3.26. The van der Waals surface area contributed by atoms with Gasteiger partial charge in [0.1, 0.15) is 0 Å². The zero-order chi connectivity index (χ0) is 13.0. The molecule has 0 aliphatic rings. The summed E-state index contributed by atoms with van der Waals surface area (Å²) in [4.78, 5) is 0. The lowest BCUT2D eigenvalue weighted by Gasteiger charge is -2.17. The van der Waals surface area contributed by atoms with E-state index in [4.69, 9.17) is 0 Å². The quantitative estimate of drug-likeness (QED) is 0.922. The van der Waals surface area contributed by atoms with Gasteiger partial charge in [-0.1, -0.05) is 40.2 Å². The highest BCUT2D eigenvalue weighted by Gasteiger charge is 2.13. The van der Waals surface area contributed by atoms with Crippen LogP contribution in [0, 0.1) is 0 Å². The van der Waals surface area contributed by atoms with Crippen molar-refractivity contribution in [3.05, 3.63) is 46.2 Å². The first-order valence-electron chi connectivity index (χ1n) is 6.03. The van der Waals surface area contributed by atoms with Gasteiger partial charge in [0, 0.05) is 30.2 Å². The third kappa shape index (κ3) is 3.40. The topological polar surface area (TPSA) is 42.7 Å². The Labute approximate surface area is 116 Å². The zero-order valence-corrected chi connectivity index (χ0v) is 12.2. The van der Waals surface area contributed by atoms with E-state index in [2.05, 4.69) is 56.7 Å². The molecule has 0 aliphatic carbocycles. The lowest BCUT2D eigenvalue weighted by atomic mass is 10.0. The van der Waals surface area contributed by atoms with Gasteiger partial charge in [-0.25, -0.2) is 0 Å². The van der Waals surface area contributed by atoms with Crippen LogP contribution < -0.4 is 5.32 Å². The maximum atomic E-state index is 4.15. The molecule has 0 radical (unpaired) electrons. The van der Waals surface area contributed by atoms with Crippen LogP contribution in [-0.4, -0.2) is 21.5 Å². The second-order valence-corrected chi connectivity index (χ2v) is 5.17. The summed E-state index contributed by atoms with van der Waals surface area (Å²) in [6.45, 7) is 3.04. The molecule has 18 heavy (non-hydrogen) atoms. The first-order valence-corrected chi connectivity index (χ1v) is 6.82. The molecular formula is C13H17BrN4. The van der Waals surface area contributed by atoms with E-state index in [9.17, 15) is 0 Å². The van der Waals surface area contributed by atoms with E-state index in [-0.39, 0.29) is 6.04 Å². The maximum Gasteiger partial charge on any atom is 0.0845 e. The number of likely N-dealkylation sites (N-methyl/N-ethyl adjacent to an activating group) is 1. The van der Waals surface area contributed by atoms with Crippen LogP contribution in [0.2, 0.25) is 0 Å². The van der Waals surface area contributed by atoms with Crippen molar-refractivity contribution in [1.29, 1.82) is 0 Å². The smallest absolute Gasteiger partial charge is 0.0845 e. The highest BCUT2D eigenvalue weighted by Crippen LogP contribution is 2.21. The van der Waals surface area contributed by atoms with Crippen molar-refractivity contribution in [2.45, 2.75) is 19.4 Å². The van der Waals surface area contributed by atoms with E-state index < -0.39 is 0 Å². The zero-order valence-electron chi connectivity index (χ0n) is 10.6. The predicted octanol–water partition coefficient (Wildman–Crippen LogP) is 2.47. The minimum absolute atomic E-state index is 0.268. The van der Waals surface area contributed by atoms with Crippen LogP contribution in [-0.2, 0) is 13.5 Å². The van der Waals surface area contributed by atoms with Gasteiger partial charge in [0.15, 0.2) is 0 Å². The molecule has 96 valence electrons. The molecule has 0 saturated carbocycles. The summed E-state index contributed by atoms with van der Waals surface area (Å²) < 4.78 is 2.83. The largest absolute Gasteiger partial charge is 0.310 e. The summed E-state index contributed by atoms with van der Waals surface area (Å²) in [5, 5.41) is 11.6. The SMILES string of the molecule is CCNC(Cc1cn(C)nn1)c1cccc(Br)c1. The average Bonchev–Trinajstić information content (AvgIpc) is 2.74. The molecule has 0 amide bonds. The number of hydrogen-bond acceptors (Lipinski definition) is 3. The molecule has 2 aromatic rings. The first-order chi connectivity index (χ1) is 8.69. The van der Waals surface area contributed by atoms with Crippen LogP contribution in [0.4, 0.5) is 0 Å². The van der Waals surface area contributed by atoms with Gasteiger partial charge in [0.05, 0.1) is 5.69 Å². The number of nitrogens with one attached hydrogen (secondary N) is 1. The van der Waals surface area contributed by atoms with Crippen molar-refractivity contribution in [2.24, 2.45) is 7.05 Å². The van der Waals surface area contributed by atoms with Gasteiger partial charge in [0.2, 0.25) is 0 Å². The fourth-order valence-corrected chi connectivity index (χ4v) is 2.39. The third-order valence-electron chi connectivity index (χ3n) is 2.76. The Morgan fingerprint density at radius 3 is 2.89 bits per heavy atom. The second-order valence-electron chi connectivity index (χ2n) is 4.25. The van der Waals surface area contributed by atoms with Gasteiger partial charge < -0.3 is 5.32 Å². The van der Waals surface area contributed by atoms with Crippen molar-refractivity contribution < 1.29 is 0 Å². The lowest BCUT2D eigenvalue weighted by Crippen LogP contribution is -2.23. The molecule has 0 spiro atoms. The van der Waals surface area contributed by atoms with Crippen LogP contribution in [0.1, 0.15) is 24.2 Å². The van der Waals surface area contributed by atoms with Gasteiger partial charge in [-0.15, -0.1) is 5.10 Å². The Kier molecular flexibility index (Phi) is 4.49. The Morgan fingerprint density at radius 2 is 2.28 bits per heavy atom. The van der Waals surface area contributed by atoms with Crippen LogP contribution in [0.25, 0.3) is 0 Å². The Bertz CT molecular complexity index is 509. The van der Waals surface area contributed by atoms with Gasteiger partial charge in [0.25, 0.3) is 0 Å². The van der Waals surface area contributed by atoms with Gasteiger partial charge in [-0.2, -0.15) is 0 Å². The molecular weight excluding hydrogens is 292 g/mol. The summed E-state index contributed by atoms with van der Waals surface area (Å²) in [6, 6.07) is 8.64. The number of hydrogen-bond donors (Lipinski definition) is 1. The lowest BCUT2D eigenvalue weighted by molar-refractivity contribution is 0.543. The molecule has 0 saturated heterocycles. The number of halogens is 1. The monoisotopic (exact) mass is 308 g/mol. The van der Waals surface area contributed by atoms with Crippen molar-refractivity contribution in [3.8, 4) is 0 Å². The van der Waals surface area contributed by atoms with E-state index in [1.807, 2.05) is 19.3 Å². The first kappa shape index (κ1) is 13.2. The van der Waals surface area contributed by atoms with Crippen LogP contribution in [0.5, 0.6) is 0 Å². The second kappa shape index (κ2) is 6.11.